The molecule has 6 aromatic rings. The minimum atomic E-state index is 0.0560. The van der Waals surface area contributed by atoms with E-state index in [4.69, 9.17) is 0 Å². The van der Waals surface area contributed by atoms with E-state index in [0.717, 1.165) is 29.8 Å². The minimum Gasteiger partial charge on any atom is -0.355 e. The molecule has 1 unspecified atom stereocenters. The van der Waals surface area contributed by atoms with Gasteiger partial charge in [-0.25, -0.2) is 0 Å². The highest BCUT2D eigenvalue weighted by Crippen LogP contribution is 2.54. The Morgan fingerprint density at radius 2 is 1.27 bits per heavy atom. The second-order valence-electron chi connectivity index (χ2n) is 13.9. The molecular formula is C61H68N2S. The van der Waals surface area contributed by atoms with Crippen LogP contribution in [0.25, 0.3) is 33.9 Å². The molecule has 3 heteroatoms. The van der Waals surface area contributed by atoms with Crippen LogP contribution < -0.4 is 10.2 Å². The molecule has 0 saturated heterocycles. The molecule has 1 aliphatic carbocycles. The Bertz CT molecular complexity index is 2470. The smallest absolute Gasteiger partial charge is 0.0871 e. The predicted octanol–water partition coefficient (Wildman–Crippen LogP) is 18.3. The van der Waals surface area contributed by atoms with Gasteiger partial charge in [0.1, 0.15) is 0 Å². The second-order valence-corrected chi connectivity index (χ2v) is 13.9. The van der Waals surface area contributed by atoms with E-state index in [0.29, 0.717) is 0 Å². The fourth-order valence-electron chi connectivity index (χ4n) is 7.31. The Kier molecular flexibility index (Phi) is 23.8. The van der Waals surface area contributed by atoms with E-state index in [2.05, 4.69) is 212 Å². The Morgan fingerprint density at radius 3 is 1.88 bits per heavy atom. The maximum absolute atomic E-state index is 4.60. The van der Waals surface area contributed by atoms with Crippen LogP contribution in [0.15, 0.2) is 207 Å². The average Bonchev–Trinajstić information content (AvgIpc) is 3.37. The lowest BCUT2D eigenvalue weighted by Crippen LogP contribution is -2.35. The van der Waals surface area contributed by atoms with Crippen LogP contribution in [0, 0.1) is 12.3 Å². The number of thiol groups is 1. The fourth-order valence-corrected chi connectivity index (χ4v) is 7.31. The van der Waals surface area contributed by atoms with Crippen molar-refractivity contribution in [2.24, 2.45) is 0 Å². The molecule has 1 heterocycles. The molecular weight excluding hydrogens is 793 g/mol. The van der Waals surface area contributed by atoms with Gasteiger partial charge in [-0.05, 0) is 121 Å². The number of allylic oxidation sites excluding steroid dienone is 10. The number of hydrogen-bond acceptors (Lipinski definition) is 3. The molecule has 1 N–H and O–H groups in total. The lowest BCUT2D eigenvalue weighted by molar-refractivity contribution is 0.748. The van der Waals surface area contributed by atoms with Gasteiger partial charge in [0.2, 0.25) is 0 Å². The molecule has 1 aliphatic heterocycles. The van der Waals surface area contributed by atoms with Crippen molar-refractivity contribution >= 4 is 47.0 Å². The van der Waals surface area contributed by atoms with Gasteiger partial charge in [-0.3, -0.25) is 0 Å². The molecule has 2 nitrogen and oxygen atoms in total. The summed E-state index contributed by atoms with van der Waals surface area (Å²) in [6.07, 6.45) is 29.0. The van der Waals surface area contributed by atoms with Gasteiger partial charge >= 0.3 is 0 Å². The van der Waals surface area contributed by atoms with Gasteiger partial charge in [-0.1, -0.05) is 198 Å². The molecule has 0 aromatic heterocycles. The summed E-state index contributed by atoms with van der Waals surface area (Å²) in [4.78, 5) is 2.48. The summed E-state index contributed by atoms with van der Waals surface area (Å²) in [6.45, 7) is 17.4. The normalized spacial score (nSPS) is 13.0. The highest BCUT2D eigenvalue weighted by Gasteiger charge is 2.38. The molecule has 0 radical (unpaired) electrons. The van der Waals surface area contributed by atoms with Crippen molar-refractivity contribution in [3.63, 3.8) is 0 Å². The first-order valence-corrected chi connectivity index (χ1v) is 23.3. The van der Waals surface area contributed by atoms with E-state index >= 15 is 0 Å². The van der Waals surface area contributed by atoms with Gasteiger partial charge in [0.25, 0.3) is 0 Å². The Morgan fingerprint density at radius 1 is 0.672 bits per heavy atom. The van der Waals surface area contributed by atoms with Gasteiger partial charge in [0, 0.05) is 33.9 Å². The molecule has 2 aliphatic rings. The van der Waals surface area contributed by atoms with Gasteiger partial charge in [-0.15, -0.1) is 12.3 Å². The van der Waals surface area contributed by atoms with E-state index < -0.39 is 0 Å². The summed E-state index contributed by atoms with van der Waals surface area (Å²) >= 11 is 3.53. The van der Waals surface area contributed by atoms with E-state index in [9.17, 15) is 0 Å². The molecule has 0 fully saturated rings. The molecule has 8 rings (SSSR count). The van der Waals surface area contributed by atoms with Crippen LogP contribution in [0.2, 0.25) is 0 Å². The lowest BCUT2D eigenvalue weighted by Gasteiger charge is -2.46. The quantitative estimate of drug-likeness (QED) is 0.0617. The van der Waals surface area contributed by atoms with Crippen LogP contribution in [-0.2, 0) is 0 Å². The molecule has 0 saturated carbocycles. The Hall–Kier alpha value is -6.73. The van der Waals surface area contributed by atoms with Crippen LogP contribution in [-0.4, -0.2) is 6.26 Å². The van der Waals surface area contributed by atoms with Gasteiger partial charge in [-0.2, -0.15) is 12.6 Å². The maximum atomic E-state index is 4.60. The number of anilines is 4. The minimum absolute atomic E-state index is 0.0560. The summed E-state index contributed by atoms with van der Waals surface area (Å²) < 4.78 is 0. The monoisotopic (exact) mass is 861 g/mol. The summed E-state index contributed by atoms with van der Waals surface area (Å²) in [7, 11) is 0. The van der Waals surface area contributed by atoms with Crippen molar-refractivity contribution in [3.05, 3.63) is 229 Å². The first-order valence-electron chi connectivity index (χ1n) is 22.5. The van der Waals surface area contributed by atoms with E-state index in [-0.39, 0.29) is 6.04 Å². The molecule has 0 amide bonds. The summed E-state index contributed by atoms with van der Waals surface area (Å²) in [6, 6.07) is 52.9. The van der Waals surface area contributed by atoms with Gasteiger partial charge in [0.05, 0.1) is 6.04 Å². The van der Waals surface area contributed by atoms with E-state index in [1.807, 2.05) is 71.9 Å². The van der Waals surface area contributed by atoms with Gasteiger partial charge in [0.15, 0.2) is 0 Å². The standard InChI is InChI=1S/C49H40N2.C4H8.C3H4.2C2H6.CH4S/c1-2-3-4-8-18-36-29-31-43(32-30-36)51-47-28-16-15-25-44(47)49(51)45-26-17-27-46(48(45)39-23-13-7-14-24-39)50-42-34-40(37-19-9-5-10-20-37)33-41(35-42)38-21-11-6-12-22-38;1-3-4-2;1-3-2;3*1-2/h2-11,13-21,23-35,49-50H,1,12,22H2;3-4H,1-2H3;1H,2H3;2*1-2H3;2H,1H3/b4-3-,18-8?;4-3-;;;;. The molecule has 1 atom stereocenters. The van der Waals surface area contributed by atoms with Crippen LogP contribution in [0.4, 0.5) is 22.7 Å². The Labute approximate surface area is 392 Å². The topological polar surface area (TPSA) is 15.3 Å². The molecule has 328 valence electrons. The number of terminal acetylenes is 1. The summed E-state index contributed by atoms with van der Waals surface area (Å²) in [5, 5.41) is 3.94. The number of hydrogen-bond donors (Lipinski definition) is 2. The van der Waals surface area contributed by atoms with Crippen LogP contribution >= 0.6 is 12.6 Å². The average molecular weight is 861 g/mol. The summed E-state index contributed by atoms with van der Waals surface area (Å²) in [5.41, 5.74) is 15.8. The third-order valence-corrected chi connectivity index (χ3v) is 10.1. The van der Waals surface area contributed by atoms with Gasteiger partial charge < -0.3 is 10.2 Å². The molecule has 64 heavy (non-hydrogen) atoms. The number of rotatable bonds is 10. The zero-order valence-corrected chi connectivity index (χ0v) is 40.2. The van der Waals surface area contributed by atoms with Crippen molar-refractivity contribution in [1.82, 2.24) is 0 Å². The van der Waals surface area contributed by atoms with Crippen LogP contribution in [0.3, 0.4) is 0 Å². The van der Waals surface area contributed by atoms with Crippen molar-refractivity contribution in [3.8, 4) is 34.6 Å². The van der Waals surface area contributed by atoms with E-state index in [1.165, 1.54) is 55.9 Å². The number of benzene rings is 6. The summed E-state index contributed by atoms with van der Waals surface area (Å²) in [5.74, 6) is 2.25. The number of nitrogens with zero attached hydrogens (tertiary/aromatic N) is 1. The first kappa shape index (κ1) is 51.6. The maximum Gasteiger partial charge on any atom is 0.0871 e. The molecule has 0 spiro atoms. The second kappa shape index (κ2) is 29.5. The highest BCUT2D eigenvalue weighted by molar-refractivity contribution is 7.79. The third kappa shape index (κ3) is 14.1. The third-order valence-electron chi connectivity index (χ3n) is 10.1. The van der Waals surface area contributed by atoms with Crippen molar-refractivity contribution in [2.45, 2.75) is 67.3 Å². The number of fused-ring (bicyclic) bond motifs is 1. The lowest BCUT2D eigenvalue weighted by atomic mass is 9.82. The van der Waals surface area contributed by atoms with Crippen LogP contribution in [0.5, 0.6) is 0 Å². The predicted molar refractivity (Wildman–Crippen MR) is 291 cm³/mol. The van der Waals surface area contributed by atoms with Crippen LogP contribution in [0.1, 0.15) is 89.6 Å². The zero-order valence-electron chi connectivity index (χ0n) is 39.3. The van der Waals surface area contributed by atoms with Crippen molar-refractivity contribution in [2.75, 3.05) is 16.5 Å². The molecule has 6 aromatic carbocycles. The SMILES string of the molecule is C#CC.C/C=C\C.C=C/C=C\C=Cc1ccc(N2c3ccccc3C2c2cccc(Nc3cc(C4=CC=CCC4)cc(-c4ccccc4)c3)c2-c2ccccc2)cc1.CC.CC.CS. The first-order chi connectivity index (χ1) is 31.6. The largest absolute Gasteiger partial charge is 0.355 e. The van der Waals surface area contributed by atoms with Crippen molar-refractivity contribution < 1.29 is 0 Å². The Balaban J connectivity index is 0.000000758. The van der Waals surface area contributed by atoms with E-state index in [1.54, 1.807) is 19.3 Å². The van der Waals surface area contributed by atoms with Crippen molar-refractivity contribution in [1.29, 1.82) is 0 Å². The zero-order chi connectivity index (χ0) is 46.5. The fraction of sp³-hybridized carbons (Fsp3) is 0.180. The number of nitrogens with one attached hydrogen (secondary N) is 1. The molecule has 0 bridgehead atoms. The highest BCUT2D eigenvalue weighted by atomic mass is 32.1. The number of para-hydroxylation sites is 1.